The van der Waals surface area contributed by atoms with Crippen LogP contribution in [0.5, 0.6) is 0 Å². The summed E-state index contributed by atoms with van der Waals surface area (Å²) in [4.78, 5) is 22.1. The molecule has 0 aliphatic heterocycles. The van der Waals surface area contributed by atoms with E-state index >= 15 is 0 Å². The first-order valence-electron chi connectivity index (χ1n) is 4.93. The van der Waals surface area contributed by atoms with Gasteiger partial charge in [-0.25, -0.2) is 9.48 Å². The Labute approximate surface area is 96.1 Å². The minimum absolute atomic E-state index is 0.119. The van der Waals surface area contributed by atoms with Gasteiger partial charge in [0.15, 0.2) is 0 Å². The van der Waals surface area contributed by atoms with Crippen molar-refractivity contribution in [2.45, 2.75) is 13.5 Å². The summed E-state index contributed by atoms with van der Waals surface area (Å²) in [6.07, 6.45) is 0. The van der Waals surface area contributed by atoms with Crippen molar-refractivity contribution in [1.29, 1.82) is 0 Å². The molecule has 6 heteroatoms. The third kappa shape index (κ3) is 2.41. The maximum Gasteiger partial charge on any atom is 0.371 e. The molecule has 0 aromatic carbocycles. The summed E-state index contributed by atoms with van der Waals surface area (Å²) in [6, 6.07) is 5.88. The van der Waals surface area contributed by atoms with Crippen molar-refractivity contribution in [2.24, 2.45) is 0 Å². The normalized spacial score (nSPS) is 10.4. The van der Waals surface area contributed by atoms with Crippen LogP contribution in [-0.2, 0) is 6.54 Å². The average molecular weight is 234 g/mol. The monoisotopic (exact) mass is 234 g/mol. The van der Waals surface area contributed by atoms with Crippen LogP contribution in [0.3, 0.4) is 0 Å². The maximum atomic E-state index is 11.5. The van der Waals surface area contributed by atoms with E-state index in [0.717, 1.165) is 0 Å². The number of rotatable bonds is 3. The Hall–Kier alpha value is -2.37. The van der Waals surface area contributed by atoms with Crippen molar-refractivity contribution in [2.75, 3.05) is 0 Å². The summed E-state index contributed by atoms with van der Waals surface area (Å²) >= 11 is 0. The number of furan rings is 1. The van der Waals surface area contributed by atoms with E-state index in [4.69, 9.17) is 9.52 Å². The van der Waals surface area contributed by atoms with Crippen LogP contribution < -0.4 is 5.56 Å². The molecule has 0 saturated heterocycles. The van der Waals surface area contributed by atoms with Crippen LogP contribution in [0.1, 0.15) is 22.0 Å². The van der Waals surface area contributed by atoms with Crippen LogP contribution in [0.15, 0.2) is 33.5 Å². The first kappa shape index (κ1) is 11.1. The highest BCUT2D eigenvalue weighted by Crippen LogP contribution is 2.08. The predicted molar refractivity (Wildman–Crippen MR) is 58.0 cm³/mol. The number of hydrogen-bond acceptors (Lipinski definition) is 4. The number of aromatic nitrogens is 2. The molecule has 0 amide bonds. The Bertz CT molecular complexity index is 612. The topological polar surface area (TPSA) is 85.3 Å². The van der Waals surface area contributed by atoms with E-state index in [1.807, 2.05) is 0 Å². The molecule has 2 aromatic rings. The highest BCUT2D eigenvalue weighted by molar-refractivity contribution is 5.84. The third-order valence-electron chi connectivity index (χ3n) is 2.18. The number of nitrogens with zero attached hydrogens (tertiary/aromatic N) is 2. The Kier molecular flexibility index (Phi) is 2.78. The number of carboxylic acid groups (broad SMARTS) is 1. The molecule has 0 aliphatic carbocycles. The average Bonchev–Trinajstić information content (AvgIpc) is 2.72. The SMILES string of the molecule is Cc1ccc(=O)n(Cc2ccc(C(=O)O)o2)n1. The molecule has 0 aliphatic rings. The minimum atomic E-state index is -1.14. The summed E-state index contributed by atoms with van der Waals surface area (Å²) in [5.74, 6) is -0.913. The van der Waals surface area contributed by atoms with Gasteiger partial charge in [0.05, 0.1) is 5.69 Å². The molecule has 2 heterocycles. The van der Waals surface area contributed by atoms with Gasteiger partial charge in [-0.15, -0.1) is 0 Å². The number of aromatic carboxylic acids is 1. The van der Waals surface area contributed by atoms with Gasteiger partial charge in [-0.3, -0.25) is 4.79 Å². The number of hydrogen-bond donors (Lipinski definition) is 1. The first-order valence-corrected chi connectivity index (χ1v) is 4.93. The summed E-state index contributed by atoms with van der Waals surface area (Å²) < 4.78 is 6.27. The quantitative estimate of drug-likeness (QED) is 0.852. The van der Waals surface area contributed by atoms with Gasteiger partial charge in [-0.1, -0.05) is 0 Å². The van der Waals surface area contributed by atoms with Crippen molar-refractivity contribution in [1.82, 2.24) is 9.78 Å². The zero-order chi connectivity index (χ0) is 12.4. The van der Waals surface area contributed by atoms with Gasteiger partial charge in [-0.05, 0) is 25.1 Å². The number of aryl methyl sites for hydroxylation is 1. The molecule has 0 unspecified atom stereocenters. The third-order valence-corrected chi connectivity index (χ3v) is 2.18. The lowest BCUT2D eigenvalue weighted by Gasteiger charge is -2.02. The van der Waals surface area contributed by atoms with Crippen LogP contribution in [0.4, 0.5) is 0 Å². The zero-order valence-electron chi connectivity index (χ0n) is 9.08. The smallest absolute Gasteiger partial charge is 0.371 e. The second-order valence-electron chi connectivity index (χ2n) is 3.54. The van der Waals surface area contributed by atoms with E-state index in [1.54, 1.807) is 13.0 Å². The van der Waals surface area contributed by atoms with Gasteiger partial charge in [0.2, 0.25) is 5.76 Å². The Morgan fingerprint density at radius 3 is 2.82 bits per heavy atom. The fraction of sp³-hybridized carbons (Fsp3) is 0.182. The number of carboxylic acids is 1. The molecule has 2 aromatic heterocycles. The Morgan fingerprint density at radius 1 is 1.41 bits per heavy atom. The van der Waals surface area contributed by atoms with Crippen molar-refractivity contribution < 1.29 is 14.3 Å². The lowest BCUT2D eigenvalue weighted by molar-refractivity contribution is 0.0660. The first-order chi connectivity index (χ1) is 8.06. The summed E-state index contributed by atoms with van der Waals surface area (Å²) in [5, 5.41) is 12.7. The van der Waals surface area contributed by atoms with Gasteiger partial charge < -0.3 is 9.52 Å². The Morgan fingerprint density at radius 2 is 2.18 bits per heavy atom. The van der Waals surface area contributed by atoms with E-state index in [0.29, 0.717) is 11.5 Å². The van der Waals surface area contributed by atoms with Gasteiger partial charge in [-0.2, -0.15) is 5.10 Å². The highest BCUT2D eigenvalue weighted by Gasteiger charge is 2.10. The van der Waals surface area contributed by atoms with E-state index in [1.165, 1.54) is 22.9 Å². The highest BCUT2D eigenvalue weighted by atomic mass is 16.4. The van der Waals surface area contributed by atoms with Crippen LogP contribution >= 0.6 is 0 Å². The molecule has 17 heavy (non-hydrogen) atoms. The molecule has 0 fully saturated rings. The zero-order valence-corrected chi connectivity index (χ0v) is 9.08. The van der Waals surface area contributed by atoms with Gasteiger partial charge in [0.1, 0.15) is 12.3 Å². The van der Waals surface area contributed by atoms with Crippen molar-refractivity contribution in [3.05, 3.63) is 51.8 Å². The fourth-order valence-electron chi connectivity index (χ4n) is 1.39. The summed E-state index contributed by atoms with van der Waals surface area (Å²) in [7, 11) is 0. The van der Waals surface area contributed by atoms with Gasteiger partial charge >= 0.3 is 5.97 Å². The summed E-state index contributed by atoms with van der Waals surface area (Å²) in [5.41, 5.74) is 0.443. The standard InChI is InChI=1S/C11H10N2O4/c1-7-2-5-10(14)13(12-7)6-8-3-4-9(17-8)11(15)16/h2-5H,6H2,1H3,(H,15,16). The number of carbonyl (C=O) groups is 1. The van der Waals surface area contributed by atoms with E-state index in [2.05, 4.69) is 5.10 Å². The second kappa shape index (κ2) is 4.25. The van der Waals surface area contributed by atoms with Gasteiger partial charge in [0.25, 0.3) is 5.56 Å². The molecule has 88 valence electrons. The molecule has 0 spiro atoms. The van der Waals surface area contributed by atoms with E-state index in [-0.39, 0.29) is 17.9 Å². The Balaban J connectivity index is 2.28. The maximum absolute atomic E-state index is 11.5. The lowest BCUT2D eigenvalue weighted by Crippen LogP contribution is -2.22. The molecule has 2 rings (SSSR count). The van der Waals surface area contributed by atoms with Crippen molar-refractivity contribution in [3.8, 4) is 0 Å². The largest absolute Gasteiger partial charge is 0.475 e. The molecule has 0 bridgehead atoms. The van der Waals surface area contributed by atoms with Crippen molar-refractivity contribution in [3.63, 3.8) is 0 Å². The fourth-order valence-corrected chi connectivity index (χ4v) is 1.39. The molecular weight excluding hydrogens is 224 g/mol. The van der Waals surface area contributed by atoms with E-state index < -0.39 is 5.97 Å². The van der Waals surface area contributed by atoms with Gasteiger partial charge in [0, 0.05) is 6.07 Å². The molecular formula is C11H10N2O4. The molecule has 0 saturated carbocycles. The second-order valence-corrected chi connectivity index (χ2v) is 3.54. The van der Waals surface area contributed by atoms with Crippen LogP contribution in [0.2, 0.25) is 0 Å². The van der Waals surface area contributed by atoms with E-state index in [9.17, 15) is 9.59 Å². The van der Waals surface area contributed by atoms with Crippen LogP contribution in [-0.4, -0.2) is 20.9 Å². The summed E-state index contributed by atoms with van der Waals surface area (Å²) in [6.45, 7) is 1.88. The molecule has 1 N–H and O–H groups in total. The molecule has 0 radical (unpaired) electrons. The predicted octanol–water partition coefficient (Wildman–Crippen LogP) is 0.891. The molecule has 0 atom stereocenters. The lowest BCUT2D eigenvalue weighted by atomic mass is 10.4. The van der Waals surface area contributed by atoms with Crippen molar-refractivity contribution >= 4 is 5.97 Å². The molecule has 6 nitrogen and oxygen atoms in total. The minimum Gasteiger partial charge on any atom is -0.475 e. The van der Waals surface area contributed by atoms with Crippen LogP contribution in [0, 0.1) is 6.92 Å². The van der Waals surface area contributed by atoms with Crippen LogP contribution in [0.25, 0.3) is 0 Å².